The molecule has 7 nitrogen and oxygen atoms in total. The van der Waals surface area contributed by atoms with Crippen molar-refractivity contribution in [3.05, 3.63) is 83.0 Å². The molecule has 3 aromatic rings. The molecule has 0 aliphatic rings. The predicted octanol–water partition coefficient (Wildman–Crippen LogP) is 5.27. The second kappa shape index (κ2) is 10.8. The molecule has 2 aromatic carbocycles. The molecule has 0 spiro atoms. The molecule has 2 N–H and O–H groups in total. The first-order valence-corrected chi connectivity index (χ1v) is 12.6. The van der Waals surface area contributed by atoms with Crippen molar-refractivity contribution in [2.75, 3.05) is 10.6 Å². The van der Waals surface area contributed by atoms with Gasteiger partial charge in [-0.15, -0.1) is 0 Å². The minimum atomic E-state index is -3.51. The molecular formula is C25H27ClN4O3S. The van der Waals surface area contributed by atoms with Gasteiger partial charge in [-0.3, -0.25) is 4.79 Å². The third kappa shape index (κ3) is 6.01. The quantitative estimate of drug-likeness (QED) is 0.367. The molecule has 9 heteroatoms. The van der Waals surface area contributed by atoms with Crippen LogP contribution < -0.4 is 10.6 Å². The number of halogens is 1. The summed E-state index contributed by atoms with van der Waals surface area (Å²) >= 11 is 6.30. The number of para-hydroxylation sites is 1. The highest BCUT2D eigenvalue weighted by Crippen LogP contribution is 2.30. The molecule has 1 aromatic heterocycles. The summed E-state index contributed by atoms with van der Waals surface area (Å²) in [5.74, 6) is 0.565. The van der Waals surface area contributed by atoms with Gasteiger partial charge in [-0.05, 0) is 55.7 Å². The lowest BCUT2D eigenvalue weighted by molar-refractivity contribution is -0.114. The zero-order valence-electron chi connectivity index (χ0n) is 19.3. The van der Waals surface area contributed by atoms with Gasteiger partial charge in [0.05, 0.1) is 22.0 Å². The van der Waals surface area contributed by atoms with Crippen molar-refractivity contribution in [2.24, 2.45) is 0 Å². The summed E-state index contributed by atoms with van der Waals surface area (Å²) in [7, 11) is -3.51. The maximum Gasteiger partial charge on any atom is 0.224 e. The maximum atomic E-state index is 12.8. The average Bonchev–Trinajstić information content (AvgIpc) is 2.81. The van der Waals surface area contributed by atoms with E-state index in [-0.39, 0.29) is 21.5 Å². The van der Waals surface area contributed by atoms with Crippen molar-refractivity contribution >= 4 is 44.7 Å². The SMILES string of the molecule is C=CC(=O)Cc1ccc(C)c(CNc2ncc(Cl)c(Nc3ccccc3S(=O)(=O)C(C)C)n2)c1. The van der Waals surface area contributed by atoms with Crippen molar-refractivity contribution in [1.82, 2.24) is 9.97 Å². The van der Waals surface area contributed by atoms with E-state index in [4.69, 9.17) is 11.6 Å². The Labute approximate surface area is 205 Å². The van der Waals surface area contributed by atoms with Gasteiger partial charge in [-0.1, -0.05) is 48.5 Å². The fourth-order valence-electron chi connectivity index (χ4n) is 3.21. The van der Waals surface area contributed by atoms with E-state index in [0.29, 0.717) is 24.6 Å². The topological polar surface area (TPSA) is 101 Å². The third-order valence-electron chi connectivity index (χ3n) is 5.27. The molecule has 1 heterocycles. The summed E-state index contributed by atoms with van der Waals surface area (Å²) in [6.45, 7) is 9.20. The lowest BCUT2D eigenvalue weighted by Gasteiger charge is -2.15. The van der Waals surface area contributed by atoms with Crippen LogP contribution in [-0.2, 0) is 27.6 Å². The number of carbonyl (C=O) groups excluding carboxylic acids is 1. The number of allylic oxidation sites excluding steroid dienone is 1. The Morgan fingerprint density at radius 1 is 1.21 bits per heavy atom. The molecule has 0 bridgehead atoms. The van der Waals surface area contributed by atoms with Gasteiger partial charge in [0.1, 0.15) is 5.02 Å². The number of ketones is 1. The van der Waals surface area contributed by atoms with E-state index >= 15 is 0 Å². The fourth-order valence-corrected chi connectivity index (χ4v) is 4.55. The summed E-state index contributed by atoms with van der Waals surface area (Å²) in [4.78, 5) is 20.5. The predicted molar refractivity (Wildman–Crippen MR) is 137 cm³/mol. The van der Waals surface area contributed by atoms with Gasteiger partial charge in [0.2, 0.25) is 5.95 Å². The molecule has 0 unspecified atom stereocenters. The Hall–Kier alpha value is -3.23. The zero-order valence-corrected chi connectivity index (χ0v) is 20.9. The highest BCUT2D eigenvalue weighted by atomic mass is 35.5. The number of benzene rings is 2. The number of aryl methyl sites for hydroxylation is 1. The van der Waals surface area contributed by atoms with Crippen molar-refractivity contribution in [2.45, 2.75) is 43.9 Å². The molecular weight excluding hydrogens is 472 g/mol. The Morgan fingerprint density at radius 2 is 1.94 bits per heavy atom. The van der Waals surface area contributed by atoms with Gasteiger partial charge >= 0.3 is 0 Å². The van der Waals surface area contributed by atoms with E-state index < -0.39 is 15.1 Å². The largest absolute Gasteiger partial charge is 0.350 e. The van der Waals surface area contributed by atoms with Crippen LogP contribution >= 0.6 is 11.6 Å². The Kier molecular flexibility index (Phi) is 8.06. The minimum Gasteiger partial charge on any atom is -0.350 e. The van der Waals surface area contributed by atoms with Crippen LogP contribution in [0.4, 0.5) is 17.5 Å². The minimum absolute atomic E-state index is 0.0423. The number of hydrogen-bond donors (Lipinski definition) is 2. The number of sulfone groups is 1. The van der Waals surface area contributed by atoms with Gasteiger partial charge in [0, 0.05) is 13.0 Å². The first-order chi connectivity index (χ1) is 16.1. The van der Waals surface area contributed by atoms with E-state index in [1.807, 2.05) is 25.1 Å². The van der Waals surface area contributed by atoms with Crippen LogP contribution in [0.15, 0.2) is 66.2 Å². The molecule has 34 heavy (non-hydrogen) atoms. The van der Waals surface area contributed by atoms with Crippen LogP contribution in [0.3, 0.4) is 0 Å². The molecule has 0 saturated carbocycles. The Bertz CT molecular complexity index is 1320. The van der Waals surface area contributed by atoms with Crippen LogP contribution in [0.25, 0.3) is 0 Å². The molecule has 3 rings (SSSR count). The van der Waals surface area contributed by atoms with Crippen LogP contribution in [0.5, 0.6) is 0 Å². The highest BCUT2D eigenvalue weighted by Gasteiger charge is 2.23. The van der Waals surface area contributed by atoms with Crippen molar-refractivity contribution < 1.29 is 13.2 Å². The Morgan fingerprint density at radius 3 is 2.65 bits per heavy atom. The second-order valence-corrected chi connectivity index (χ2v) is 10.9. The number of aromatic nitrogens is 2. The van der Waals surface area contributed by atoms with Gasteiger partial charge in [-0.2, -0.15) is 4.98 Å². The van der Waals surface area contributed by atoms with Gasteiger partial charge in [0.25, 0.3) is 0 Å². The van der Waals surface area contributed by atoms with Crippen LogP contribution in [0.2, 0.25) is 5.02 Å². The van der Waals surface area contributed by atoms with Gasteiger partial charge < -0.3 is 10.6 Å². The average molecular weight is 499 g/mol. The monoisotopic (exact) mass is 498 g/mol. The van der Waals surface area contributed by atoms with Crippen molar-refractivity contribution in [3.63, 3.8) is 0 Å². The number of carbonyl (C=O) groups is 1. The summed E-state index contributed by atoms with van der Waals surface area (Å²) in [5, 5.41) is 5.89. The summed E-state index contributed by atoms with van der Waals surface area (Å²) < 4.78 is 25.5. The van der Waals surface area contributed by atoms with E-state index in [9.17, 15) is 13.2 Å². The molecule has 0 atom stereocenters. The molecule has 0 saturated heterocycles. The van der Waals surface area contributed by atoms with Crippen molar-refractivity contribution in [1.29, 1.82) is 0 Å². The van der Waals surface area contributed by atoms with Gasteiger partial charge in [-0.25, -0.2) is 13.4 Å². The van der Waals surface area contributed by atoms with E-state index in [1.165, 1.54) is 12.3 Å². The first-order valence-electron chi connectivity index (χ1n) is 10.7. The van der Waals surface area contributed by atoms with E-state index in [0.717, 1.165) is 16.7 Å². The number of rotatable bonds is 10. The molecule has 178 valence electrons. The van der Waals surface area contributed by atoms with Crippen LogP contribution in [0, 0.1) is 6.92 Å². The van der Waals surface area contributed by atoms with E-state index in [2.05, 4.69) is 27.2 Å². The maximum absolute atomic E-state index is 12.8. The molecule has 0 aliphatic carbocycles. The number of anilines is 3. The smallest absolute Gasteiger partial charge is 0.224 e. The zero-order chi connectivity index (χ0) is 24.9. The number of nitrogens with zero attached hydrogens (tertiary/aromatic N) is 2. The lowest BCUT2D eigenvalue weighted by Crippen LogP contribution is -2.15. The molecule has 0 amide bonds. The number of nitrogens with one attached hydrogen (secondary N) is 2. The normalized spacial score (nSPS) is 11.3. The van der Waals surface area contributed by atoms with Crippen molar-refractivity contribution in [3.8, 4) is 0 Å². The first kappa shape index (κ1) is 25.4. The number of hydrogen-bond acceptors (Lipinski definition) is 7. The van der Waals surface area contributed by atoms with Gasteiger partial charge in [0.15, 0.2) is 21.4 Å². The molecule has 0 radical (unpaired) electrons. The Balaban J connectivity index is 1.82. The highest BCUT2D eigenvalue weighted by molar-refractivity contribution is 7.92. The third-order valence-corrected chi connectivity index (χ3v) is 7.75. The fraction of sp³-hybridized carbons (Fsp3) is 0.240. The van der Waals surface area contributed by atoms with Crippen LogP contribution in [0.1, 0.15) is 30.5 Å². The lowest BCUT2D eigenvalue weighted by atomic mass is 10.0. The molecule has 0 fully saturated rings. The standard InChI is InChI=1S/C25H27ClN4O3S/c1-5-20(31)13-18-11-10-17(4)19(12-18)14-27-25-28-15-21(26)24(30-25)29-22-8-6-7-9-23(22)34(32,33)16(2)3/h5-12,15-16H,1,13-14H2,2-4H3,(H2,27,28,29,30). The van der Waals surface area contributed by atoms with E-state index in [1.54, 1.807) is 38.1 Å². The molecule has 0 aliphatic heterocycles. The summed E-state index contributed by atoms with van der Waals surface area (Å²) in [6, 6.07) is 12.5. The summed E-state index contributed by atoms with van der Waals surface area (Å²) in [6.07, 6.45) is 3.06. The van der Waals surface area contributed by atoms with Crippen LogP contribution in [-0.4, -0.2) is 29.4 Å². The second-order valence-electron chi connectivity index (χ2n) is 8.07. The summed E-state index contributed by atoms with van der Waals surface area (Å²) in [5.41, 5.74) is 3.34.